The standard InChI is InChI=1S/C26H21N2O.C11H8N.Ir/c1-15-13-18(4)27-23(14-15)21-10-6-9-19-20-11-12-22(28-26(20)29-25(19)21)24-16(2)7-5-8-17(24)3;1-2-6-10(7-3-1)11-8-4-5-9-12-11;/h5-9,11-14H,1-4H3;1-6,8-9H;/q2*-1;. The van der Waals surface area contributed by atoms with Crippen LogP contribution in [-0.4, -0.2) is 15.0 Å². The van der Waals surface area contributed by atoms with Gasteiger partial charge in [-0.25, -0.2) is 4.98 Å². The molecule has 4 nitrogen and oxygen atoms in total. The molecule has 42 heavy (non-hydrogen) atoms. The van der Waals surface area contributed by atoms with Gasteiger partial charge >= 0.3 is 0 Å². The minimum Gasteiger partial charge on any atom is -0.486 e. The van der Waals surface area contributed by atoms with E-state index in [4.69, 9.17) is 14.4 Å². The normalized spacial score (nSPS) is 10.7. The molecule has 4 aromatic heterocycles. The van der Waals surface area contributed by atoms with Crippen molar-refractivity contribution in [3.05, 3.63) is 138 Å². The Morgan fingerprint density at radius 3 is 2.17 bits per heavy atom. The Labute approximate surface area is 259 Å². The molecular formula is C37H29IrN3O-2. The van der Waals surface area contributed by atoms with E-state index in [0.29, 0.717) is 5.71 Å². The van der Waals surface area contributed by atoms with E-state index in [1.54, 1.807) is 6.20 Å². The topological polar surface area (TPSA) is 51.8 Å². The van der Waals surface area contributed by atoms with Crippen molar-refractivity contribution in [2.24, 2.45) is 0 Å². The number of nitrogens with zero attached hydrogens (tertiary/aromatic N) is 3. The van der Waals surface area contributed by atoms with E-state index >= 15 is 0 Å². The van der Waals surface area contributed by atoms with Crippen LogP contribution < -0.4 is 0 Å². The molecule has 0 aliphatic carbocycles. The molecule has 0 amide bonds. The number of hydrogen-bond acceptors (Lipinski definition) is 4. The first-order valence-electron chi connectivity index (χ1n) is 13.6. The summed E-state index contributed by atoms with van der Waals surface area (Å²) in [5, 5.41) is 2.05. The van der Waals surface area contributed by atoms with Crippen LogP contribution in [0.2, 0.25) is 0 Å². The van der Waals surface area contributed by atoms with Crippen molar-refractivity contribution < 1.29 is 24.5 Å². The van der Waals surface area contributed by atoms with Gasteiger partial charge in [-0.15, -0.1) is 54.1 Å². The third kappa shape index (κ3) is 5.94. The maximum Gasteiger partial charge on any atom is 0.216 e. The van der Waals surface area contributed by atoms with E-state index in [1.807, 2.05) is 61.5 Å². The predicted octanol–water partition coefficient (Wildman–Crippen LogP) is 9.29. The number of furan rings is 1. The average Bonchev–Trinajstić information content (AvgIpc) is 3.36. The molecule has 0 fully saturated rings. The predicted molar refractivity (Wildman–Crippen MR) is 166 cm³/mol. The van der Waals surface area contributed by atoms with Gasteiger partial charge in [0.05, 0.1) is 11.3 Å². The van der Waals surface area contributed by atoms with E-state index in [9.17, 15) is 0 Å². The zero-order valence-electron chi connectivity index (χ0n) is 23.9. The Bertz CT molecular complexity index is 1900. The van der Waals surface area contributed by atoms with Gasteiger partial charge in [-0.2, -0.15) is 0 Å². The Balaban J connectivity index is 0.000000228. The van der Waals surface area contributed by atoms with Gasteiger partial charge in [-0.3, -0.25) is 0 Å². The first-order valence-corrected chi connectivity index (χ1v) is 13.6. The van der Waals surface area contributed by atoms with Gasteiger partial charge in [0, 0.05) is 42.9 Å². The zero-order valence-corrected chi connectivity index (χ0v) is 26.3. The van der Waals surface area contributed by atoms with Gasteiger partial charge in [-0.1, -0.05) is 52.9 Å². The van der Waals surface area contributed by atoms with Gasteiger partial charge in [-0.05, 0) is 74.5 Å². The van der Waals surface area contributed by atoms with E-state index in [2.05, 4.69) is 80.4 Å². The summed E-state index contributed by atoms with van der Waals surface area (Å²) in [5.74, 6) is 0. The Kier molecular flexibility index (Phi) is 8.72. The molecule has 0 saturated carbocycles. The summed E-state index contributed by atoms with van der Waals surface area (Å²) in [7, 11) is 0. The molecule has 0 saturated heterocycles. The van der Waals surface area contributed by atoms with Crippen LogP contribution in [0.15, 0.2) is 108 Å². The average molecular weight is 724 g/mol. The van der Waals surface area contributed by atoms with Crippen molar-refractivity contribution in [2.75, 3.05) is 0 Å². The Morgan fingerprint density at radius 1 is 0.643 bits per heavy atom. The minimum atomic E-state index is 0. The van der Waals surface area contributed by atoms with E-state index in [-0.39, 0.29) is 20.1 Å². The smallest absolute Gasteiger partial charge is 0.216 e. The monoisotopic (exact) mass is 724 g/mol. The van der Waals surface area contributed by atoms with Crippen molar-refractivity contribution >= 4 is 22.1 Å². The van der Waals surface area contributed by atoms with Gasteiger partial charge in [0.2, 0.25) is 5.71 Å². The Hall–Kier alpha value is -4.44. The molecule has 0 aliphatic rings. The van der Waals surface area contributed by atoms with Crippen LogP contribution >= 0.6 is 0 Å². The van der Waals surface area contributed by atoms with E-state index < -0.39 is 0 Å². The fourth-order valence-electron chi connectivity index (χ4n) is 5.21. The minimum absolute atomic E-state index is 0. The summed E-state index contributed by atoms with van der Waals surface area (Å²) in [6.45, 7) is 8.32. The van der Waals surface area contributed by atoms with Crippen LogP contribution in [0.25, 0.3) is 55.8 Å². The van der Waals surface area contributed by atoms with Crippen LogP contribution in [0, 0.1) is 39.8 Å². The molecule has 1 radical (unpaired) electrons. The van der Waals surface area contributed by atoms with Crippen LogP contribution in [0.4, 0.5) is 0 Å². The molecule has 3 aromatic carbocycles. The summed E-state index contributed by atoms with van der Waals surface area (Å²) in [6.07, 6.45) is 1.79. The van der Waals surface area contributed by atoms with Crippen molar-refractivity contribution in [1.82, 2.24) is 15.0 Å². The number of pyridine rings is 3. The van der Waals surface area contributed by atoms with Crippen molar-refractivity contribution in [3.63, 3.8) is 0 Å². The fourth-order valence-corrected chi connectivity index (χ4v) is 5.21. The molecule has 0 aliphatic heterocycles. The third-order valence-electron chi connectivity index (χ3n) is 7.04. The zero-order chi connectivity index (χ0) is 28.3. The van der Waals surface area contributed by atoms with E-state index in [0.717, 1.165) is 55.8 Å². The SMILES string of the molecule is Cc1cc(C)nc(-c2[c-]ccc3c2oc2nc(-c4c(C)cccc4C)ccc23)c1.[Ir].[c-]1ccccc1-c1ccccn1. The van der Waals surface area contributed by atoms with Gasteiger partial charge in [0.15, 0.2) is 0 Å². The quantitative estimate of drug-likeness (QED) is 0.171. The first kappa shape index (κ1) is 29.1. The molecule has 0 spiro atoms. The largest absolute Gasteiger partial charge is 0.486 e. The molecule has 5 heteroatoms. The van der Waals surface area contributed by atoms with Gasteiger partial charge < -0.3 is 14.4 Å². The first-order chi connectivity index (χ1) is 20.0. The summed E-state index contributed by atoms with van der Waals surface area (Å²) in [4.78, 5) is 13.8. The second-order valence-electron chi connectivity index (χ2n) is 10.2. The number of fused-ring (bicyclic) bond motifs is 3. The fraction of sp³-hybridized carbons (Fsp3) is 0.108. The number of rotatable bonds is 3. The number of aromatic nitrogens is 3. The van der Waals surface area contributed by atoms with Crippen LogP contribution in [0.1, 0.15) is 22.4 Å². The van der Waals surface area contributed by atoms with Crippen LogP contribution in [-0.2, 0) is 20.1 Å². The number of benzene rings is 3. The van der Waals surface area contributed by atoms with E-state index in [1.165, 1.54) is 16.7 Å². The maximum atomic E-state index is 6.28. The molecule has 4 heterocycles. The van der Waals surface area contributed by atoms with Gasteiger partial charge in [0.1, 0.15) is 0 Å². The second kappa shape index (κ2) is 12.6. The van der Waals surface area contributed by atoms with Crippen LogP contribution in [0.3, 0.4) is 0 Å². The summed E-state index contributed by atoms with van der Waals surface area (Å²) in [5.41, 5.74) is 11.9. The maximum absolute atomic E-state index is 6.28. The molecule has 0 unspecified atom stereocenters. The summed E-state index contributed by atoms with van der Waals surface area (Å²) < 4.78 is 6.28. The summed E-state index contributed by atoms with van der Waals surface area (Å²) >= 11 is 0. The molecule has 7 rings (SSSR count). The number of aryl methyl sites for hydroxylation is 4. The third-order valence-corrected chi connectivity index (χ3v) is 7.04. The molecule has 0 atom stereocenters. The Morgan fingerprint density at radius 2 is 1.45 bits per heavy atom. The second-order valence-corrected chi connectivity index (χ2v) is 10.2. The summed E-state index contributed by atoms with van der Waals surface area (Å²) in [6, 6.07) is 38.7. The van der Waals surface area contributed by atoms with Crippen molar-refractivity contribution in [3.8, 4) is 33.8 Å². The molecule has 0 bridgehead atoms. The van der Waals surface area contributed by atoms with Crippen molar-refractivity contribution in [2.45, 2.75) is 27.7 Å². The number of hydrogen-bond donors (Lipinski definition) is 0. The van der Waals surface area contributed by atoms with Crippen LogP contribution in [0.5, 0.6) is 0 Å². The molecular weight excluding hydrogens is 695 g/mol. The van der Waals surface area contributed by atoms with Crippen molar-refractivity contribution in [1.29, 1.82) is 0 Å². The molecule has 209 valence electrons. The van der Waals surface area contributed by atoms with Gasteiger partial charge in [0.25, 0.3) is 0 Å². The molecule has 7 aromatic rings. The molecule has 0 N–H and O–H groups in total.